The van der Waals surface area contributed by atoms with Crippen LogP contribution >= 0.6 is 0 Å². The number of anilines is 1. The zero-order chi connectivity index (χ0) is 26.9. The number of primary amides is 1. The third kappa shape index (κ3) is 8.03. The molecule has 0 saturated carbocycles. The van der Waals surface area contributed by atoms with Gasteiger partial charge >= 0.3 is 5.97 Å². The number of carbonyl (C=O) groups is 2. The number of aryl methyl sites for hydroxylation is 5. The van der Waals surface area contributed by atoms with Gasteiger partial charge in [-0.05, 0) is 68.5 Å². The summed E-state index contributed by atoms with van der Waals surface area (Å²) in [4.78, 5) is 25.8. The summed E-state index contributed by atoms with van der Waals surface area (Å²) in [5.74, 6) is 0.343. The Morgan fingerprint density at radius 1 is 0.946 bits per heavy atom. The van der Waals surface area contributed by atoms with E-state index in [2.05, 4.69) is 15.5 Å². The van der Waals surface area contributed by atoms with Crippen molar-refractivity contribution in [3.8, 4) is 11.3 Å². The quantitative estimate of drug-likeness (QED) is 0.296. The highest BCUT2D eigenvalue weighted by molar-refractivity contribution is 5.95. The van der Waals surface area contributed by atoms with Crippen LogP contribution in [0.2, 0.25) is 0 Å². The van der Waals surface area contributed by atoms with E-state index in [4.69, 9.17) is 15.4 Å². The third-order valence-electron chi connectivity index (χ3n) is 5.71. The van der Waals surface area contributed by atoms with Gasteiger partial charge in [0.2, 0.25) is 5.91 Å². The Balaban J connectivity index is 0.000000266. The van der Waals surface area contributed by atoms with E-state index in [1.165, 1.54) is 0 Å². The molecule has 0 aliphatic carbocycles. The molecule has 0 fully saturated rings. The molecule has 1 amide bonds. The third-order valence-corrected chi connectivity index (χ3v) is 5.71. The number of nitrogens with one attached hydrogen (secondary N) is 1. The van der Waals surface area contributed by atoms with Crippen LogP contribution in [-0.2, 0) is 17.8 Å². The number of rotatable bonds is 8. The van der Waals surface area contributed by atoms with Gasteiger partial charge in [0.05, 0.1) is 6.54 Å². The van der Waals surface area contributed by atoms with Crippen LogP contribution in [0, 0.1) is 27.7 Å². The molecule has 4 aromatic rings. The zero-order valence-electron chi connectivity index (χ0n) is 21.5. The highest BCUT2D eigenvalue weighted by Crippen LogP contribution is 2.22. The van der Waals surface area contributed by atoms with Crippen molar-refractivity contribution in [3.63, 3.8) is 0 Å². The zero-order valence-corrected chi connectivity index (χ0v) is 21.5. The molecule has 8 heteroatoms. The van der Waals surface area contributed by atoms with Gasteiger partial charge in [0.1, 0.15) is 11.5 Å². The van der Waals surface area contributed by atoms with E-state index in [9.17, 15) is 9.59 Å². The van der Waals surface area contributed by atoms with E-state index in [-0.39, 0.29) is 12.3 Å². The first-order chi connectivity index (χ1) is 17.6. The van der Waals surface area contributed by atoms with Crippen LogP contribution in [0.15, 0.2) is 65.3 Å². The van der Waals surface area contributed by atoms with Crippen molar-refractivity contribution in [1.82, 2.24) is 10.1 Å². The molecular formula is C29H32N4O4. The van der Waals surface area contributed by atoms with Gasteiger partial charge in [-0.15, -0.1) is 0 Å². The van der Waals surface area contributed by atoms with E-state index in [1.54, 1.807) is 6.20 Å². The van der Waals surface area contributed by atoms with Gasteiger partial charge in [0.25, 0.3) is 0 Å². The number of nitrogens with zero attached hydrogens (tertiary/aromatic N) is 2. The average Bonchev–Trinajstić information content (AvgIpc) is 3.30. The van der Waals surface area contributed by atoms with Crippen LogP contribution in [0.3, 0.4) is 0 Å². The van der Waals surface area contributed by atoms with Crippen molar-refractivity contribution in [1.29, 1.82) is 0 Å². The van der Waals surface area contributed by atoms with E-state index < -0.39 is 5.97 Å². The van der Waals surface area contributed by atoms with Gasteiger partial charge in [0, 0.05) is 29.8 Å². The molecule has 0 spiro atoms. The van der Waals surface area contributed by atoms with Crippen LogP contribution in [0.25, 0.3) is 11.3 Å². The maximum Gasteiger partial charge on any atom is 0.303 e. The molecule has 0 atom stereocenters. The second kappa shape index (κ2) is 12.5. The van der Waals surface area contributed by atoms with Gasteiger partial charge in [-0.25, -0.2) is 4.98 Å². The lowest BCUT2D eigenvalue weighted by molar-refractivity contribution is -0.136. The number of hydrogen-bond acceptors (Lipinski definition) is 6. The topological polar surface area (TPSA) is 131 Å². The van der Waals surface area contributed by atoms with Crippen molar-refractivity contribution in [3.05, 3.63) is 99.9 Å². The first kappa shape index (κ1) is 27.1. The number of benzene rings is 2. The molecule has 0 unspecified atom stereocenters. The summed E-state index contributed by atoms with van der Waals surface area (Å²) in [6.07, 6.45) is 2.41. The van der Waals surface area contributed by atoms with Gasteiger partial charge in [0.15, 0.2) is 5.76 Å². The van der Waals surface area contributed by atoms with E-state index in [0.717, 1.165) is 44.9 Å². The lowest BCUT2D eigenvalue weighted by Gasteiger charge is -2.06. The van der Waals surface area contributed by atoms with Crippen LogP contribution < -0.4 is 11.1 Å². The number of carboxylic acid groups (broad SMARTS) is 1. The molecule has 2 aromatic heterocycles. The Morgan fingerprint density at radius 2 is 1.62 bits per heavy atom. The standard InChI is InChI=1S/C19H19N3O3.C10H13NO/c1-13-8-9-20-18(10-13)21-12-16-11-17(25-22-16)15-5-2-14(3-6-15)4-7-19(23)24;1-6-4-7(2)9(10(11)12)8(3)5-6/h2-3,5-6,8-11H,4,7,12H2,1H3,(H,20,21)(H,23,24);4-5H,1-3H3,(H2,11,12). The Bertz CT molecular complexity index is 1350. The van der Waals surface area contributed by atoms with Crippen LogP contribution in [0.1, 0.15) is 50.3 Å². The van der Waals surface area contributed by atoms with E-state index in [1.807, 2.05) is 82.3 Å². The van der Waals surface area contributed by atoms with Crippen LogP contribution in [-0.4, -0.2) is 27.1 Å². The Kier molecular flexibility index (Phi) is 9.16. The summed E-state index contributed by atoms with van der Waals surface area (Å²) in [5, 5.41) is 16.0. The summed E-state index contributed by atoms with van der Waals surface area (Å²) in [7, 11) is 0. The van der Waals surface area contributed by atoms with E-state index >= 15 is 0 Å². The number of pyridine rings is 1. The minimum atomic E-state index is -0.792. The molecule has 4 N–H and O–H groups in total. The molecule has 192 valence electrons. The summed E-state index contributed by atoms with van der Waals surface area (Å²) in [5.41, 5.74) is 12.8. The molecule has 2 heterocycles. The molecule has 2 aromatic carbocycles. The second-order valence-electron chi connectivity index (χ2n) is 8.98. The smallest absolute Gasteiger partial charge is 0.303 e. The summed E-state index contributed by atoms with van der Waals surface area (Å²) < 4.78 is 5.40. The van der Waals surface area contributed by atoms with Crippen molar-refractivity contribution >= 4 is 17.7 Å². The highest BCUT2D eigenvalue weighted by Gasteiger charge is 2.09. The number of amides is 1. The number of carbonyl (C=O) groups excluding carboxylic acids is 1. The van der Waals surface area contributed by atoms with Gasteiger partial charge in [-0.3, -0.25) is 9.59 Å². The molecule has 37 heavy (non-hydrogen) atoms. The molecule has 0 radical (unpaired) electrons. The predicted octanol–water partition coefficient (Wildman–Crippen LogP) is 5.39. The molecule has 0 bridgehead atoms. The number of aliphatic carboxylic acids is 1. The Hall–Kier alpha value is -4.46. The van der Waals surface area contributed by atoms with Gasteiger partial charge in [-0.2, -0.15) is 0 Å². The Morgan fingerprint density at radius 3 is 2.22 bits per heavy atom. The van der Waals surface area contributed by atoms with Gasteiger partial charge < -0.3 is 20.7 Å². The number of carboxylic acids is 1. The minimum absolute atomic E-state index is 0.129. The lowest BCUT2D eigenvalue weighted by atomic mass is 10.00. The molecule has 0 aliphatic heterocycles. The largest absolute Gasteiger partial charge is 0.481 e. The van der Waals surface area contributed by atoms with Gasteiger partial charge in [-0.1, -0.05) is 47.1 Å². The summed E-state index contributed by atoms with van der Waals surface area (Å²) in [6, 6.07) is 17.4. The van der Waals surface area contributed by atoms with E-state index in [0.29, 0.717) is 24.3 Å². The molecule has 8 nitrogen and oxygen atoms in total. The second-order valence-corrected chi connectivity index (χ2v) is 8.98. The molecule has 0 aliphatic rings. The first-order valence-corrected chi connectivity index (χ1v) is 11.9. The fraction of sp³-hybridized carbons (Fsp3) is 0.241. The van der Waals surface area contributed by atoms with Crippen molar-refractivity contribution in [2.24, 2.45) is 5.73 Å². The maximum atomic E-state index is 11.0. The molecule has 4 rings (SSSR count). The maximum absolute atomic E-state index is 11.0. The highest BCUT2D eigenvalue weighted by atomic mass is 16.5. The fourth-order valence-electron chi connectivity index (χ4n) is 4.00. The monoisotopic (exact) mass is 500 g/mol. The normalized spacial score (nSPS) is 10.4. The first-order valence-electron chi connectivity index (χ1n) is 11.9. The number of hydrogen-bond donors (Lipinski definition) is 3. The lowest BCUT2D eigenvalue weighted by Crippen LogP contribution is -2.14. The Labute approximate surface area is 216 Å². The SMILES string of the molecule is Cc1cc(C)c(C(N)=O)c(C)c1.Cc1ccnc(NCc2cc(-c3ccc(CCC(=O)O)cc3)on2)c1. The number of nitrogens with two attached hydrogens (primary N) is 1. The average molecular weight is 501 g/mol. The van der Waals surface area contributed by atoms with Crippen molar-refractivity contribution < 1.29 is 19.2 Å². The van der Waals surface area contributed by atoms with Crippen molar-refractivity contribution in [2.75, 3.05) is 5.32 Å². The summed E-state index contributed by atoms with van der Waals surface area (Å²) in [6.45, 7) is 8.35. The molecule has 0 saturated heterocycles. The number of aromatic nitrogens is 2. The minimum Gasteiger partial charge on any atom is -0.481 e. The predicted molar refractivity (Wildman–Crippen MR) is 143 cm³/mol. The van der Waals surface area contributed by atoms with Crippen LogP contribution in [0.4, 0.5) is 5.82 Å². The molecular weight excluding hydrogens is 468 g/mol. The fourth-order valence-corrected chi connectivity index (χ4v) is 4.00. The van der Waals surface area contributed by atoms with Crippen LogP contribution in [0.5, 0.6) is 0 Å². The summed E-state index contributed by atoms with van der Waals surface area (Å²) >= 11 is 0. The van der Waals surface area contributed by atoms with Crippen molar-refractivity contribution in [2.45, 2.75) is 47.1 Å².